The number of hydrazine groups is 1. The number of amidine groups is 1. The molecule has 1 unspecified atom stereocenters. The van der Waals surface area contributed by atoms with Crippen LogP contribution in [0.5, 0.6) is 0 Å². The van der Waals surface area contributed by atoms with Gasteiger partial charge >= 0.3 is 0 Å². The molecule has 11 heteroatoms. The molecule has 28 heavy (non-hydrogen) atoms. The van der Waals surface area contributed by atoms with E-state index in [0.717, 1.165) is 27.3 Å². The zero-order chi connectivity index (χ0) is 20.3. The number of nitrogens with two attached hydrogens (primary N) is 4. The molecule has 148 valence electrons. The summed E-state index contributed by atoms with van der Waals surface area (Å²) in [4.78, 5) is 8.90. The molecule has 0 saturated carbocycles. The number of aromatic amines is 1. The number of hydrogen-bond acceptors (Lipinski definition) is 8. The van der Waals surface area contributed by atoms with Crippen molar-refractivity contribution in [3.8, 4) is 11.1 Å². The molecule has 0 amide bonds. The van der Waals surface area contributed by atoms with Gasteiger partial charge in [0.15, 0.2) is 10.7 Å². The predicted molar refractivity (Wildman–Crippen MR) is 115 cm³/mol. The fourth-order valence-electron chi connectivity index (χ4n) is 3.02. The van der Waals surface area contributed by atoms with Gasteiger partial charge in [0.1, 0.15) is 5.82 Å². The summed E-state index contributed by atoms with van der Waals surface area (Å²) in [6, 6.07) is 9.51. The number of aryl methyl sites for hydroxylation is 1. The number of benzene rings is 2. The number of rotatable bonds is 7. The summed E-state index contributed by atoms with van der Waals surface area (Å²) in [5.41, 5.74) is 17.6. The first-order valence-electron chi connectivity index (χ1n) is 8.38. The van der Waals surface area contributed by atoms with E-state index < -0.39 is 11.4 Å². The molecule has 0 aliphatic heterocycles. The van der Waals surface area contributed by atoms with Crippen molar-refractivity contribution in [3.05, 3.63) is 41.7 Å². The topological polar surface area (TPSA) is 180 Å². The van der Waals surface area contributed by atoms with Crippen LogP contribution in [-0.4, -0.2) is 32.7 Å². The Hall–Kier alpha value is -2.28. The summed E-state index contributed by atoms with van der Waals surface area (Å²) in [7, 11) is 0. The lowest BCUT2D eigenvalue weighted by molar-refractivity contribution is 0.594. The first-order chi connectivity index (χ1) is 13.5. The second kappa shape index (κ2) is 8.82. The molecule has 0 aliphatic rings. The molecule has 0 saturated heterocycles. The zero-order valence-corrected chi connectivity index (χ0v) is 16.9. The van der Waals surface area contributed by atoms with E-state index in [-0.39, 0.29) is 5.84 Å². The molecule has 1 heterocycles. The molecule has 1 aromatic heterocycles. The van der Waals surface area contributed by atoms with E-state index in [4.69, 9.17) is 22.4 Å². The highest BCUT2D eigenvalue weighted by Crippen LogP contribution is 2.37. The minimum atomic E-state index is -1.81. The maximum Gasteiger partial charge on any atom is 0.198 e. The van der Waals surface area contributed by atoms with E-state index in [9.17, 15) is 4.55 Å². The molecule has 10 N–H and O–H groups in total. The summed E-state index contributed by atoms with van der Waals surface area (Å²) in [5, 5.41) is 9.73. The van der Waals surface area contributed by atoms with Gasteiger partial charge in [-0.3, -0.25) is 0 Å². The van der Waals surface area contributed by atoms with Crippen LogP contribution < -0.4 is 28.0 Å². The van der Waals surface area contributed by atoms with Gasteiger partial charge < -0.3 is 21.0 Å². The highest BCUT2D eigenvalue weighted by atomic mass is 32.2. The van der Waals surface area contributed by atoms with Gasteiger partial charge in [0.25, 0.3) is 0 Å². The smallest absolute Gasteiger partial charge is 0.198 e. The predicted octanol–water partition coefficient (Wildman–Crippen LogP) is 0.654. The molecule has 1 atom stereocenters. The Balaban J connectivity index is 2.34. The number of hydrogen-bond donors (Lipinski definition) is 6. The third-order valence-electron chi connectivity index (χ3n) is 4.06. The summed E-state index contributed by atoms with van der Waals surface area (Å²) in [5.74, 6) is 6.83. The molecule has 0 aliphatic carbocycles. The molecule has 9 nitrogen and oxygen atoms in total. The van der Waals surface area contributed by atoms with Gasteiger partial charge in [-0.1, -0.05) is 18.2 Å². The monoisotopic (exact) mass is 418 g/mol. The van der Waals surface area contributed by atoms with Crippen LogP contribution in [0.4, 0.5) is 0 Å². The zero-order valence-electron chi connectivity index (χ0n) is 15.2. The molecule has 0 bridgehead atoms. The van der Waals surface area contributed by atoms with Crippen LogP contribution in [0.15, 0.2) is 45.2 Å². The third kappa shape index (κ3) is 3.94. The van der Waals surface area contributed by atoms with Gasteiger partial charge in [-0.05, 0) is 19.1 Å². The van der Waals surface area contributed by atoms with Gasteiger partial charge in [-0.15, -0.1) is 22.0 Å². The molecule has 0 radical (unpaired) electrons. The first-order valence-corrected chi connectivity index (χ1v) is 10.6. The minimum absolute atomic E-state index is 0.0748. The Morgan fingerprint density at radius 2 is 2.11 bits per heavy atom. The number of nitrogens with one attached hydrogen (secondary N) is 2. The van der Waals surface area contributed by atoms with Crippen molar-refractivity contribution in [2.45, 2.75) is 16.7 Å². The van der Waals surface area contributed by atoms with E-state index in [1.165, 1.54) is 11.8 Å². The fourth-order valence-corrected chi connectivity index (χ4v) is 4.86. The third-order valence-corrected chi connectivity index (χ3v) is 6.11. The summed E-state index contributed by atoms with van der Waals surface area (Å²) >= 11 is -0.357. The SMILES string of the molecule is Cc1nc2c(-c3ccc(SCCN)c([S+](N)[O-])c3/C(N)=N/NN)cccc2[nH]1. The van der Waals surface area contributed by atoms with Crippen molar-refractivity contribution in [1.29, 1.82) is 0 Å². The summed E-state index contributed by atoms with van der Waals surface area (Å²) in [6.07, 6.45) is 0. The lowest BCUT2D eigenvalue weighted by Gasteiger charge is -2.17. The lowest BCUT2D eigenvalue weighted by atomic mass is 9.97. The standard InChI is InChI=1S/C17H22N8OS2/c1-9-22-12-4-2-3-11(15(12)23-9)10-5-6-13(27-8-7-18)16(28(21)26)14(10)17(19)24-25-20/h2-6,25H,7-8,18,20-21H2,1H3,(H2,19,24)(H,22,23). The van der Waals surface area contributed by atoms with E-state index >= 15 is 0 Å². The summed E-state index contributed by atoms with van der Waals surface area (Å²) < 4.78 is 12.5. The van der Waals surface area contributed by atoms with Gasteiger partial charge in [-0.25, -0.2) is 16.4 Å². The van der Waals surface area contributed by atoms with Crippen molar-refractivity contribution in [1.82, 2.24) is 15.5 Å². The first kappa shape index (κ1) is 20.5. The Labute approximate surface area is 169 Å². The van der Waals surface area contributed by atoms with Crippen molar-refractivity contribution in [2.75, 3.05) is 12.3 Å². The average Bonchev–Trinajstić information content (AvgIpc) is 3.05. The van der Waals surface area contributed by atoms with Crippen molar-refractivity contribution in [3.63, 3.8) is 0 Å². The van der Waals surface area contributed by atoms with Crippen LogP contribution >= 0.6 is 11.8 Å². The number of para-hydroxylation sites is 1. The van der Waals surface area contributed by atoms with Gasteiger partial charge in [0.2, 0.25) is 0 Å². The van der Waals surface area contributed by atoms with Gasteiger partial charge in [0.05, 0.1) is 32.9 Å². The maximum absolute atomic E-state index is 12.5. The van der Waals surface area contributed by atoms with E-state index in [0.29, 0.717) is 28.3 Å². The highest BCUT2D eigenvalue weighted by molar-refractivity contribution is 8.00. The molecule has 3 aromatic rings. The lowest BCUT2D eigenvalue weighted by Crippen LogP contribution is -2.27. The number of imidazole rings is 1. The average molecular weight is 419 g/mol. The minimum Gasteiger partial charge on any atom is -0.593 e. The number of nitrogens with zero attached hydrogens (tertiary/aromatic N) is 2. The van der Waals surface area contributed by atoms with Crippen LogP contribution in [0.2, 0.25) is 0 Å². The molecule has 0 fully saturated rings. The highest BCUT2D eigenvalue weighted by Gasteiger charge is 2.27. The van der Waals surface area contributed by atoms with Gasteiger partial charge in [-0.2, -0.15) is 0 Å². The Kier molecular flexibility index (Phi) is 6.44. The van der Waals surface area contributed by atoms with Crippen LogP contribution in [0.25, 0.3) is 22.2 Å². The number of fused-ring (bicyclic) bond motifs is 1. The Morgan fingerprint density at radius 3 is 2.79 bits per heavy atom. The van der Waals surface area contributed by atoms with Crippen LogP contribution in [0.1, 0.15) is 11.4 Å². The van der Waals surface area contributed by atoms with Gasteiger partial charge in [0, 0.05) is 23.4 Å². The van der Waals surface area contributed by atoms with E-state index in [2.05, 4.69) is 20.6 Å². The molecule has 3 rings (SSSR count). The largest absolute Gasteiger partial charge is 0.593 e. The van der Waals surface area contributed by atoms with Crippen molar-refractivity contribution < 1.29 is 4.55 Å². The second-order valence-corrected chi connectivity index (χ2v) is 8.04. The summed E-state index contributed by atoms with van der Waals surface area (Å²) in [6.45, 7) is 2.35. The normalized spacial score (nSPS) is 13.1. The number of H-pyrrole nitrogens is 1. The second-order valence-electron chi connectivity index (χ2n) is 5.90. The van der Waals surface area contributed by atoms with Crippen LogP contribution in [-0.2, 0) is 11.4 Å². The Morgan fingerprint density at radius 1 is 1.32 bits per heavy atom. The van der Waals surface area contributed by atoms with Crippen LogP contribution in [0.3, 0.4) is 0 Å². The molecular formula is C17H22N8OS2. The van der Waals surface area contributed by atoms with Crippen LogP contribution in [0, 0.1) is 6.92 Å². The van der Waals surface area contributed by atoms with Crippen molar-refractivity contribution >= 4 is 40.0 Å². The maximum atomic E-state index is 12.5. The Bertz CT molecular complexity index is 1020. The van der Waals surface area contributed by atoms with Crippen molar-refractivity contribution in [2.24, 2.45) is 27.6 Å². The van der Waals surface area contributed by atoms with E-state index in [1.807, 2.05) is 37.3 Å². The molecule has 0 spiro atoms. The quantitative estimate of drug-likeness (QED) is 0.0807. The number of thioether (sulfide) groups is 1. The molecule has 2 aromatic carbocycles. The van der Waals surface area contributed by atoms with E-state index in [1.54, 1.807) is 0 Å². The number of aromatic nitrogens is 2. The molecular weight excluding hydrogens is 396 g/mol. The fraction of sp³-hybridized carbons (Fsp3) is 0.176. The number of hydrazone groups is 1.